The van der Waals surface area contributed by atoms with Crippen LogP contribution in [0.4, 0.5) is 8.78 Å². The molecule has 1 N–H and O–H groups in total. The van der Waals surface area contributed by atoms with Gasteiger partial charge < -0.3 is 14.8 Å². The SMILES string of the molecule is COc1cc(F)c(C2COCCN2)c(F)c1. The van der Waals surface area contributed by atoms with Gasteiger partial charge in [0.25, 0.3) is 0 Å². The van der Waals surface area contributed by atoms with Gasteiger partial charge in [0.05, 0.1) is 26.4 Å². The number of hydrogen-bond donors (Lipinski definition) is 1. The Hall–Kier alpha value is -1.20. The van der Waals surface area contributed by atoms with Crippen LogP contribution in [0.25, 0.3) is 0 Å². The zero-order chi connectivity index (χ0) is 11.5. The van der Waals surface area contributed by atoms with Gasteiger partial charge in [0.2, 0.25) is 0 Å². The topological polar surface area (TPSA) is 30.5 Å². The highest BCUT2D eigenvalue weighted by molar-refractivity contribution is 5.32. The molecule has 1 aliphatic rings. The highest BCUT2D eigenvalue weighted by atomic mass is 19.1. The van der Waals surface area contributed by atoms with E-state index in [1.54, 1.807) is 0 Å². The maximum absolute atomic E-state index is 13.7. The molecule has 3 nitrogen and oxygen atoms in total. The van der Waals surface area contributed by atoms with Crippen molar-refractivity contribution in [3.63, 3.8) is 0 Å². The first-order valence-corrected chi connectivity index (χ1v) is 5.06. The summed E-state index contributed by atoms with van der Waals surface area (Å²) in [6.07, 6.45) is 0. The van der Waals surface area contributed by atoms with Crippen LogP contribution in [0.2, 0.25) is 0 Å². The van der Waals surface area contributed by atoms with Gasteiger partial charge >= 0.3 is 0 Å². The minimum atomic E-state index is -0.611. The molecule has 0 spiro atoms. The number of ether oxygens (including phenoxy) is 2. The highest BCUT2D eigenvalue weighted by Gasteiger charge is 2.23. The number of halogens is 2. The van der Waals surface area contributed by atoms with Crippen molar-refractivity contribution >= 4 is 0 Å². The lowest BCUT2D eigenvalue weighted by atomic mass is 10.0. The average molecular weight is 229 g/mol. The maximum atomic E-state index is 13.7. The van der Waals surface area contributed by atoms with Gasteiger partial charge in [0.15, 0.2) is 0 Å². The van der Waals surface area contributed by atoms with Crippen LogP contribution in [0.3, 0.4) is 0 Å². The van der Waals surface area contributed by atoms with E-state index in [0.717, 1.165) is 0 Å². The molecule has 0 aromatic heterocycles. The number of rotatable bonds is 2. The van der Waals surface area contributed by atoms with Crippen LogP contribution >= 0.6 is 0 Å². The van der Waals surface area contributed by atoms with Gasteiger partial charge in [-0.1, -0.05) is 0 Å². The molecule has 88 valence electrons. The molecule has 1 aromatic rings. The van der Waals surface area contributed by atoms with Gasteiger partial charge in [-0.2, -0.15) is 0 Å². The van der Waals surface area contributed by atoms with Crippen molar-refractivity contribution in [3.05, 3.63) is 29.3 Å². The predicted molar refractivity (Wildman–Crippen MR) is 54.5 cm³/mol. The van der Waals surface area contributed by atoms with E-state index in [9.17, 15) is 8.78 Å². The van der Waals surface area contributed by atoms with Crippen LogP contribution in [0.1, 0.15) is 11.6 Å². The molecule has 16 heavy (non-hydrogen) atoms. The normalized spacial score (nSPS) is 20.8. The largest absolute Gasteiger partial charge is 0.497 e. The fraction of sp³-hybridized carbons (Fsp3) is 0.455. The third-order valence-electron chi connectivity index (χ3n) is 2.56. The Balaban J connectivity index is 2.32. The molecule has 1 unspecified atom stereocenters. The van der Waals surface area contributed by atoms with E-state index in [4.69, 9.17) is 9.47 Å². The molecular weight excluding hydrogens is 216 g/mol. The van der Waals surface area contributed by atoms with E-state index in [1.807, 2.05) is 0 Å². The summed E-state index contributed by atoms with van der Waals surface area (Å²) in [5.41, 5.74) is 0.0144. The lowest BCUT2D eigenvalue weighted by molar-refractivity contribution is 0.0745. The monoisotopic (exact) mass is 229 g/mol. The molecule has 0 amide bonds. The Morgan fingerprint density at radius 2 is 2.06 bits per heavy atom. The average Bonchev–Trinajstić information content (AvgIpc) is 2.29. The second kappa shape index (κ2) is 4.76. The van der Waals surface area contributed by atoms with Crippen molar-refractivity contribution in [2.24, 2.45) is 0 Å². The second-order valence-electron chi connectivity index (χ2n) is 3.59. The predicted octanol–water partition coefficient (Wildman–Crippen LogP) is 1.63. The molecule has 1 saturated heterocycles. The summed E-state index contributed by atoms with van der Waals surface area (Å²) < 4.78 is 37.3. The number of benzene rings is 1. The van der Waals surface area contributed by atoms with Crippen molar-refractivity contribution in [2.45, 2.75) is 6.04 Å². The Labute approximate surface area is 92.4 Å². The van der Waals surface area contributed by atoms with Gasteiger partial charge in [0.1, 0.15) is 17.4 Å². The van der Waals surface area contributed by atoms with Crippen LogP contribution in [-0.2, 0) is 4.74 Å². The maximum Gasteiger partial charge on any atom is 0.134 e. The van der Waals surface area contributed by atoms with Crippen LogP contribution in [-0.4, -0.2) is 26.9 Å². The standard InChI is InChI=1S/C11H13F2NO2/c1-15-7-4-8(12)11(9(13)5-7)10-6-16-3-2-14-10/h4-5,10,14H,2-3,6H2,1H3. The summed E-state index contributed by atoms with van der Waals surface area (Å²) in [6, 6.07) is 1.92. The molecule has 0 radical (unpaired) electrons. The van der Waals surface area contributed by atoms with Crippen LogP contribution in [0, 0.1) is 11.6 Å². The van der Waals surface area contributed by atoms with Crippen molar-refractivity contribution in [3.8, 4) is 5.75 Å². The molecule has 0 bridgehead atoms. The van der Waals surface area contributed by atoms with Gasteiger partial charge in [-0.3, -0.25) is 0 Å². The van der Waals surface area contributed by atoms with E-state index in [-0.39, 0.29) is 17.9 Å². The second-order valence-corrected chi connectivity index (χ2v) is 3.59. The van der Waals surface area contributed by atoms with Crippen molar-refractivity contribution in [2.75, 3.05) is 26.9 Å². The summed E-state index contributed by atoms with van der Waals surface area (Å²) in [5, 5.41) is 3.01. The molecule has 1 aromatic carbocycles. The lowest BCUT2D eigenvalue weighted by Gasteiger charge is -2.25. The van der Waals surface area contributed by atoms with Crippen molar-refractivity contribution in [1.29, 1.82) is 0 Å². The van der Waals surface area contributed by atoms with E-state index < -0.39 is 17.7 Å². The lowest BCUT2D eigenvalue weighted by Crippen LogP contribution is -2.35. The smallest absolute Gasteiger partial charge is 0.134 e. The highest BCUT2D eigenvalue weighted by Crippen LogP contribution is 2.26. The number of nitrogens with one attached hydrogen (secondary N) is 1. The van der Waals surface area contributed by atoms with Crippen LogP contribution in [0.5, 0.6) is 5.75 Å². The van der Waals surface area contributed by atoms with Gasteiger partial charge in [0, 0.05) is 24.2 Å². The zero-order valence-electron chi connectivity index (χ0n) is 8.93. The van der Waals surface area contributed by atoms with Crippen molar-refractivity contribution < 1.29 is 18.3 Å². The van der Waals surface area contributed by atoms with E-state index >= 15 is 0 Å². The Morgan fingerprint density at radius 3 is 2.56 bits per heavy atom. The quantitative estimate of drug-likeness (QED) is 0.836. The molecule has 2 rings (SSSR count). The summed E-state index contributed by atoms with van der Waals surface area (Å²) in [4.78, 5) is 0. The molecule has 1 atom stereocenters. The minimum Gasteiger partial charge on any atom is -0.497 e. The third-order valence-corrected chi connectivity index (χ3v) is 2.56. The van der Waals surface area contributed by atoms with E-state index in [2.05, 4.69) is 5.32 Å². The number of morpholine rings is 1. The minimum absolute atomic E-state index is 0.0144. The molecule has 0 saturated carbocycles. The first-order valence-electron chi connectivity index (χ1n) is 5.06. The molecule has 1 fully saturated rings. The van der Waals surface area contributed by atoms with Crippen molar-refractivity contribution in [1.82, 2.24) is 5.32 Å². The Morgan fingerprint density at radius 1 is 1.38 bits per heavy atom. The molecule has 1 heterocycles. The van der Waals surface area contributed by atoms with Crippen LogP contribution < -0.4 is 10.1 Å². The van der Waals surface area contributed by atoms with Crippen LogP contribution in [0.15, 0.2) is 12.1 Å². The summed E-state index contributed by atoms with van der Waals surface area (Å²) >= 11 is 0. The fourth-order valence-corrected chi connectivity index (χ4v) is 1.76. The summed E-state index contributed by atoms with van der Waals surface area (Å²) in [7, 11) is 1.37. The molecule has 1 aliphatic heterocycles. The summed E-state index contributed by atoms with van der Waals surface area (Å²) in [6.45, 7) is 1.44. The number of hydrogen-bond acceptors (Lipinski definition) is 3. The zero-order valence-corrected chi connectivity index (χ0v) is 8.93. The first kappa shape index (κ1) is 11.3. The van der Waals surface area contributed by atoms with Gasteiger partial charge in [-0.15, -0.1) is 0 Å². The third kappa shape index (κ3) is 2.15. The van der Waals surface area contributed by atoms with E-state index in [0.29, 0.717) is 13.2 Å². The summed E-state index contributed by atoms with van der Waals surface area (Å²) in [5.74, 6) is -1.05. The number of methoxy groups -OCH3 is 1. The van der Waals surface area contributed by atoms with Gasteiger partial charge in [-0.25, -0.2) is 8.78 Å². The van der Waals surface area contributed by atoms with Gasteiger partial charge in [-0.05, 0) is 0 Å². The fourth-order valence-electron chi connectivity index (χ4n) is 1.76. The Bertz CT molecular complexity index is 355. The Kier molecular flexibility index (Phi) is 3.36. The molecule has 5 heteroatoms. The molecular formula is C11H13F2NO2. The molecule has 0 aliphatic carbocycles. The van der Waals surface area contributed by atoms with E-state index in [1.165, 1.54) is 19.2 Å². The first-order chi connectivity index (χ1) is 7.72.